The number of hydrogen-bond acceptors (Lipinski definition) is 3. The van der Waals surface area contributed by atoms with Crippen LogP contribution in [0.3, 0.4) is 0 Å². The number of piperidine rings is 1. The summed E-state index contributed by atoms with van der Waals surface area (Å²) in [7, 11) is 0. The van der Waals surface area contributed by atoms with Gasteiger partial charge in [0, 0.05) is 30.7 Å². The Hall–Kier alpha value is -2.62. The predicted octanol–water partition coefficient (Wildman–Crippen LogP) is 4.67. The summed E-state index contributed by atoms with van der Waals surface area (Å²) in [6.07, 6.45) is 4.35. The van der Waals surface area contributed by atoms with E-state index in [0.29, 0.717) is 0 Å². The summed E-state index contributed by atoms with van der Waals surface area (Å²) in [6.45, 7) is 6.61. The lowest BCUT2D eigenvalue weighted by atomic mass is 9.97. The van der Waals surface area contributed by atoms with Crippen molar-refractivity contribution in [3.8, 4) is 0 Å². The second-order valence-corrected chi connectivity index (χ2v) is 7.49. The van der Waals surface area contributed by atoms with Crippen LogP contribution in [-0.4, -0.2) is 25.2 Å². The van der Waals surface area contributed by atoms with Crippen LogP contribution in [0.1, 0.15) is 36.8 Å². The summed E-state index contributed by atoms with van der Waals surface area (Å²) in [5, 5.41) is 2.94. The van der Waals surface area contributed by atoms with Crippen molar-refractivity contribution in [1.82, 2.24) is 0 Å². The number of hydrogen-bond donors (Lipinski definition) is 1. The van der Waals surface area contributed by atoms with Crippen LogP contribution in [0.4, 0.5) is 17.1 Å². The topological polar surface area (TPSA) is 44.7 Å². The molecular formula is C22H25N3O. The maximum atomic E-state index is 12.3. The van der Waals surface area contributed by atoms with Gasteiger partial charge in [-0.1, -0.05) is 19.1 Å². The molecular weight excluding hydrogens is 322 g/mol. The normalized spacial score (nSPS) is 22.5. The first-order valence-corrected chi connectivity index (χ1v) is 9.41. The molecule has 0 aliphatic carbocycles. The highest BCUT2D eigenvalue weighted by atomic mass is 16.2. The van der Waals surface area contributed by atoms with E-state index in [0.717, 1.165) is 41.5 Å². The summed E-state index contributed by atoms with van der Waals surface area (Å²) in [6, 6.07) is 14.3. The first kappa shape index (κ1) is 16.8. The van der Waals surface area contributed by atoms with E-state index in [-0.39, 0.29) is 11.8 Å². The zero-order chi connectivity index (χ0) is 18.1. The van der Waals surface area contributed by atoms with Crippen LogP contribution in [0, 0.1) is 12.8 Å². The monoisotopic (exact) mass is 347 g/mol. The Balaban J connectivity index is 1.50. The molecule has 2 aliphatic heterocycles. The number of aryl methyl sites for hydroxylation is 1. The summed E-state index contributed by atoms with van der Waals surface area (Å²) < 4.78 is 0. The van der Waals surface area contributed by atoms with Gasteiger partial charge < -0.3 is 10.2 Å². The molecule has 26 heavy (non-hydrogen) atoms. The Labute approximate surface area is 154 Å². The van der Waals surface area contributed by atoms with Crippen LogP contribution in [0.25, 0.3) is 0 Å². The van der Waals surface area contributed by atoms with Crippen molar-refractivity contribution in [3.05, 3.63) is 53.6 Å². The summed E-state index contributed by atoms with van der Waals surface area (Å²) in [4.78, 5) is 19.3. The van der Waals surface area contributed by atoms with Gasteiger partial charge in [-0.05, 0) is 67.1 Å². The first-order chi connectivity index (χ1) is 12.6. The molecule has 1 fully saturated rings. The van der Waals surface area contributed by atoms with Crippen LogP contribution in [0.5, 0.6) is 0 Å². The van der Waals surface area contributed by atoms with Gasteiger partial charge in [-0.25, -0.2) is 0 Å². The molecule has 2 heterocycles. The third kappa shape index (κ3) is 3.24. The average molecular weight is 347 g/mol. The highest BCUT2D eigenvalue weighted by molar-refractivity contribution is 6.13. The van der Waals surface area contributed by atoms with Crippen molar-refractivity contribution >= 4 is 29.2 Å². The molecule has 2 unspecified atom stereocenters. The number of amides is 1. The number of aliphatic imine (C=N–C) groups is 1. The zero-order valence-electron chi connectivity index (χ0n) is 15.4. The Morgan fingerprint density at radius 2 is 2.00 bits per heavy atom. The molecule has 1 amide bonds. The van der Waals surface area contributed by atoms with E-state index in [2.05, 4.69) is 34.3 Å². The molecule has 2 aromatic rings. The van der Waals surface area contributed by atoms with E-state index in [9.17, 15) is 4.79 Å². The fourth-order valence-corrected chi connectivity index (χ4v) is 4.02. The lowest BCUT2D eigenvalue weighted by molar-refractivity contribution is -0.115. The van der Waals surface area contributed by atoms with Gasteiger partial charge in [-0.2, -0.15) is 0 Å². The molecule has 4 nitrogen and oxygen atoms in total. The lowest BCUT2D eigenvalue weighted by Crippen LogP contribution is -2.34. The fraction of sp³-hybridized carbons (Fsp3) is 0.364. The fourth-order valence-electron chi connectivity index (χ4n) is 4.02. The van der Waals surface area contributed by atoms with Gasteiger partial charge in [0.2, 0.25) is 5.91 Å². The molecule has 1 N–H and O–H groups in total. The predicted molar refractivity (Wildman–Crippen MR) is 108 cm³/mol. The molecule has 2 atom stereocenters. The van der Waals surface area contributed by atoms with Crippen molar-refractivity contribution in [2.75, 3.05) is 23.3 Å². The van der Waals surface area contributed by atoms with Gasteiger partial charge in [-0.15, -0.1) is 0 Å². The number of carbonyl (C=O) groups excluding carboxylic acids is 1. The molecule has 0 aromatic heterocycles. The number of nitrogens with zero attached hydrogens (tertiary/aromatic N) is 2. The van der Waals surface area contributed by atoms with Crippen LogP contribution >= 0.6 is 0 Å². The van der Waals surface area contributed by atoms with Crippen LogP contribution in [0.2, 0.25) is 0 Å². The third-order valence-corrected chi connectivity index (χ3v) is 5.42. The molecule has 4 rings (SSSR count). The number of nitrogens with one attached hydrogen (secondary N) is 1. The maximum absolute atomic E-state index is 12.3. The standard InChI is InChI=1S/C22H25N3O/c1-15-5-4-12-25(14-15)18-10-8-17(9-11-18)23-13-19-21-16(2)6-3-7-20(21)24-22(19)26/h3,6-11,13,15,19H,4-5,12,14H2,1-2H3,(H,24,26). The third-order valence-electron chi connectivity index (χ3n) is 5.42. The molecule has 0 saturated carbocycles. The van der Waals surface area contributed by atoms with Crippen molar-refractivity contribution in [2.24, 2.45) is 10.9 Å². The van der Waals surface area contributed by atoms with Crippen LogP contribution in [-0.2, 0) is 4.79 Å². The van der Waals surface area contributed by atoms with E-state index in [1.165, 1.54) is 18.5 Å². The Kier molecular flexibility index (Phi) is 4.49. The van der Waals surface area contributed by atoms with Gasteiger partial charge in [-0.3, -0.25) is 9.79 Å². The first-order valence-electron chi connectivity index (χ1n) is 9.41. The molecule has 2 aromatic carbocycles. The van der Waals surface area contributed by atoms with Crippen molar-refractivity contribution in [1.29, 1.82) is 0 Å². The molecule has 1 saturated heterocycles. The van der Waals surface area contributed by atoms with E-state index >= 15 is 0 Å². The van der Waals surface area contributed by atoms with Gasteiger partial charge in [0.05, 0.1) is 5.69 Å². The number of carbonyl (C=O) groups is 1. The number of anilines is 2. The summed E-state index contributed by atoms with van der Waals surface area (Å²) in [5.74, 6) is 0.441. The Morgan fingerprint density at radius 3 is 2.77 bits per heavy atom. The minimum Gasteiger partial charge on any atom is -0.371 e. The largest absolute Gasteiger partial charge is 0.371 e. The minimum absolute atomic E-state index is 0.00280. The summed E-state index contributed by atoms with van der Waals surface area (Å²) in [5.41, 5.74) is 5.21. The minimum atomic E-state index is -0.311. The molecule has 0 spiro atoms. The van der Waals surface area contributed by atoms with E-state index in [1.807, 2.05) is 37.3 Å². The van der Waals surface area contributed by atoms with Gasteiger partial charge in [0.1, 0.15) is 5.92 Å². The molecule has 2 aliphatic rings. The van der Waals surface area contributed by atoms with Gasteiger partial charge in [0.15, 0.2) is 0 Å². The summed E-state index contributed by atoms with van der Waals surface area (Å²) >= 11 is 0. The van der Waals surface area contributed by atoms with Gasteiger partial charge >= 0.3 is 0 Å². The van der Waals surface area contributed by atoms with Crippen LogP contribution < -0.4 is 10.2 Å². The second-order valence-electron chi connectivity index (χ2n) is 7.49. The Morgan fingerprint density at radius 1 is 1.19 bits per heavy atom. The van der Waals surface area contributed by atoms with Gasteiger partial charge in [0.25, 0.3) is 0 Å². The quantitative estimate of drug-likeness (QED) is 0.820. The average Bonchev–Trinajstić information content (AvgIpc) is 2.97. The van der Waals surface area contributed by atoms with Crippen molar-refractivity contribution < 1.29 is 4.79 Å². The Bertz CT molecular complexity index is 841. The maximum Gasteiger partial charge on any atom is 0.237 e. The molecule has 0 radical (unpaired) electrons. The smallest absolute Gasteiger partial charge is 0.237 e. The highest BCUT2D eigenvalue weighted by Crippen LogP contribution is 2.34. The van der Waals surface area contributed by atoms with E-state index in [4.69, 9.17) is 0 Å². The second kappa shape index (κ2) is 6.94. The molecule has 0 bridgehead atoms. The van der Waals surface area contributed by atoms with E-state index < -0.39 is 0 Å². The molecule has 134 valence electrons. The molecule has 4 heteroatoms. The van der Waals surface area contributed by atoms with Crippen molar-refractivity contribution in [2.45, 2.75) is 32.6 Å². The lowest BCUT2D eigenvalue weighted by Gasteiger charge is -2.32. The van der Waals surface area contributed by atoms with Crippen LogP contribution in [0.15, 0.2) is 47.5 Å². The highest BCUT2D eigenvalue weighted by Gasteiger charge is 2.30. The number of benzene rings is 2. The zero-order valence-corrected chi connectivity index (χ0v) is 15.4. The number of fused-ring (bicyclic) bond motifs is 1. The SMILES string of the molecule is Cc1cccc2c1C(C=Nc1ccc(N3CCCC(C)C3)cc1)C(=O)N2. The van der Waals surface area contributed by atoms with E-state index in [1.54, 1.807) is 6.21 Å². The number of rotatable bonds is 3. The van der Waals surface area contributed by atoms with Crippen molar-refractivity contribution in [3.63, 3.8) is 0 Å².